The van der Waals surface area contributed by atoms with Crippen molar-refractivity contribution in [3.05, 3.63) is 114 Å². The van der Waals surface area contributed by atoms with E-state index in [1.165, 1.54) is 59.9 Å². The van der Waals surface area contributed by atoms with E-state index in [0.717, 1.165) is 17.7 Å². The number of aryl methyl sites for hydroxylation is 2. The van der Waals surface area contributed by atoms with Gasteiger partial charge in [0.2, 0.25) is 0 Å². The van der Waals surface area contributed by atoms with Crippen molar-refractivity contribution in [1.82, 2.24) is 0 Å². The SMILES string of the molecule is Nc1cccc(-c2cccc(-c3cccc(CCCCCCc4ccccc4)c3)c2)c1. The van der Waals surface area contributed by atoms with Gasteiger partial charge in [0.05, 0.1) is 0 Å². The van der Waals surface area contributed by atoms with Gasteiger partial charge < -0.3 is 5.73 Å². The molecule has 1 nitrogen and oxygen atoms in total. The molecular weight excluding hydrogens is 374 g/mol. The van der Waals surface area contributed by atoms with Crippen molar-refractivity contribution in [1.29, 1.82) is 0 Å². The molecule has 0 radical (unpaired) electrons. The Morgan fingerprint density at radius 1 is 0.419 bits per heavy atom. The lowest BCUT2D eigenvalue weighted by Gasteiger charge is -2.09. The Balaban J connectivity index is 1.32. The van der Waals surface area contributed by atoms with E-state index in [1.807, 2.05) is 18.2 Å². The highest BCUT2D eigenvalue weighted by atomic mass is 14.5. The molecule has 0 aliphatic carbocycles. The van der Waals surface area contributed by atoms with Gasteiger partial charge in [0, 0.05) is 5.69 Å². The van der Waals surface area contributed by atoms with Crippen LogP contribution in [0.3, 0.4) is 0 Å². The predicted molar refractivity (Wildman–Crippen MR) is 134 cm³/mol. The largest absolute Gasteiger partial charge is 0.399 e. The van der Waals surface area contributed by atoms with Crippen molar-refractivity contribution >= 4 is 5.69 Å². The molecular formula is C30H31N. The van der Waals surface area contributed by atoms with Crippen molar-refractivity contribution in [3.8, 4) is 22.3 Å². The van der Waals surface area contributed by atoms with Crippen LogP contribution >= 0.6 is 0 Å². The molecule has 4 aromatic carbocycles. The Hall–Kier alpha value is -3.32. The van der Waals surface area contributed by atoms with Crippen LogP contribution in [0.25, 0.3) is 22.3 Å². The summed E-state index contributed by atoms with van der Waals surface area (Å²) in [4.78, 5) is 0. The van der Waals surface area contributed by atoms with E-state index in [4.69, 9.17) is 5.73 Å². The zero-order valence-corrected chi connectivity index (χ0v) is 18.1. The third-order valence-corrected chi connectivity index (χ3v) is 5.87. The second kappa shape index (κ2) is 10.6. The molecule has 0 fully saturated rings. The van der Waals surface area contributed by atoms with Gasteiger partial charge in [-0.2, -0.15) is 0 Å². The van der Waals surface area contributed by atoms with Gasteiger partial charge in [-0.3, -0.25) is 0 Å². The van der Waals surface area contributed by atoms with Gasteiger partial charge in [-0.05, 0) is 77.3 Å². The average Bonchev–Trinajstić information content (AvgIpc) is 2.82. The summed E-state index contributed by atoms with van der Waals surface area (Å²) in [5.41, 5.74) is 14.6. The summed E-state index contributed by atoms with van der Waals surface area (Å²) in [5.74, 6) is 0. The van der Waals surface area contributed by atoms with E-state index in [2.05, 4.69) is 84.9 Å². The van der Waals surface area contributed by atoms with E-state index in [1.54, 1.807) is 0 Å². The molecule has 0 spiro atoms. The van der Waals surface area contributed by atoms with Gasteiger partial charge in [-0.15, -0.1) is 0 Å². The summed E-state index contributed by atoms with van der Waals surface area (Å²) in [7, 11) is 0. The molecule has 156 valence electrons. The number of hydrogen-bond acceptors (Lipinski definition) is 1. The van der Waals surface area contributed by atoms with Crippen molar-refractivity contribution in [2.45, 2.75) is 38.5 Å². The third kappa shape index (κ3) is 6.08. The van der Waals surface area contributed by atoms with Crippen molar-refractivity contribution in [2.75, 3.05) is 5.73 Å². The number of benzene rings is 4. The van der Waals surface area contributed by atoms with Gasteiger partial charge in [-0.25, -0.2) is 0 Å². The van der Waals surface area contributed by atoms with Crippen LogP contribution in [0.1, 0.15) is 36.8 Å². The fourth-order valence-electron chi connectivity index (χ4n) is 4.16. The molecule has 0 amide bonds. The Morgan fingerprint density at radius 3 is 1.61 bits per heavy atom. The molecule has 0 aliphatic rings. The lowest BCUT2D eigenvalue weighted by Crippen LogP contribution is -1.89. The first kappa shape index (κ1) is 20.9. The number of nitrogen functional groups attached to an aromatic ring is 1. The second-order valence-corrected chi connectivity index (χ2v) is 8.31. The number of unbranched alkanes of at least 4 members (excludes halogenated alkanes) is 3. The average molecular weight is 406 g/mol. The van der Waals surface area contributed by atoms with E-state index in [-0.39, 0.29) is 0 Å². The predicted octanol–water partition coefficient (Wildman–Crippen LogP) is 7.95. The normalized spacial score (nSPS) is 10.8. The standard InChI is InChI=1S/C30H31N/c31-30-20-10-19-29(23-30)28-18-9-17-27(22-28)26-16-8-15-25(21-26)14-5-2-1-4-11-24-12-6-3-7-13-24/h3,6-10,12-13,15-23H,1-2,4-5,11,14,31H2. The van der Waals surface area contributed by atoms with Crippen LogP contribution in [0.5, 0.6) is 0 Å². The molecule has 0 saturated carbocycles. The molecule has 4 rings (SSSR count). The lowest BCUT2D eigenvalue weighted by molar-refractivity contribution is 0.640. The molecule has 0 saturated heterocycles. The van der Waals surface area contributed by atoms with Crippen LogP contribution in [0.2, 0.25) is 0 Å². The van der Waals surface area contributed by atoms with E-state index in [0.29, 0.717) is 0 Å². The minimum atomic E-state index is 0.800. The molecule has 2 N–H and O–H groups in total. The Labute approximate surface area is 186 Å². The topological polar surface area (TPSA) is 26.0 Å². The smallest absolute Gasteiger partial charge is 0.0320 e. The fraction of sp³-hybridized carbons (Fsp3) is 0.200. The van der Waals surface area contributed by atoms with Crippen LogP contribution in [0, 0.1) is 0 Å². The van der Waals surface area contributed by atoms with Gasteiger partial charge >= 0.3 is 0 Å². The zero-order valence-electron chi connectivity index (χ0n) is 18.1. The number of rotatable bonds is 9. The number of anilines is 1. The summed E-state index contributed by atoms with van der Waals surface area (Å²) in [6.07, 6.45) is 7.47. The minimum absolute atomic E-state index is 0.800. The summed E-state index contributed by atoms with van der Waals surface area (Å²) in [6, 6.07) is 36.6. The summed E-state index contributed by atoms with van der Waals surface area (Å²) in [6.45, 7) is 0. The molecule has 31 heavy (non-hydrogen) atoms. The summed E-state index contributed by atoms with van der Waals surface area (Å²) in [5, 5.41) is 0. The fourth-order valence-corrected chi connectivity index (χ4v) is 4.16. The van der Waals surface area contributed by atoms with Crippen LogP contribution in [0.15, 0.2) is 103 Å². The molecule has 4 aromatic rings. The van der Waals surface area contributed by atoms with Crippen LogP contribution < -0.4 is 5.73 Å². The molecule has 0 aliphatic heterocycles. The maximum Gasteiger partial charge on any atom is 0.0320 e. The quantitative estimate of drug-likeness (QED) is 0.222. The monoisotopic (exact) mass is 405 g/mol. The van der Waals surface area contributed by atoms with E-state index >= 15 is 0 Å². The molecule has 0 atom stereocenters. The first-order chi connectivity index (χ1) is 15.3. The Bertz CT molecular complexity index is 1100. The lowest BCUT2D eigenvalue weighted by atomic mass is 9.96. The maximum atomic E-state index is 5.97. The highest BCUT2D eigenvalue weighted by molar-refractivity contribution is 5.74. The van der Waals surface area contributed by atoms with Crippen molar-refractivity contribution in [2.24, 2.45) is 0 Å². The van der Waals surface area contributed by atoms with Crippen LogP contribution in [-0.4, -0.2) is 0 Å². The second-order valence-electron chi connectivity index (χ2n) is 8.31. The Morgan fingerprint density at radius 2 is 0.935 bits per heavy atom. The molecule has 1 heteroatoms. The van der Waals surface area contributed by atoms with Gasteiger partial charge in [-0.1, -0.05) is 97.8 Å². The van der Waals surface area contributed by atoms with Crippen LogP contribution in [0.4, 0.5) is 5.69 Å². The highest BCUT2D eigenvalue weighted by Crippen LogP contribution is 2.28. The van der Waals surface area contributed by atoms with Crippen molar-refractivity contribution in [3.63, 3.8) is 0 Å². The first-order valence-corrected chi connectivity index (χ1v) is 11.4. The Kier molecular flexibility index (Phi) is 7.18. The van der Waals surface area contributed by atoms with Crippen LogP contribution in [-0.2, 0) is 12.8 Å². The number of hydrogen-bond donors (Lipinski definition) is 1. The van der Waals surface area contributed by atoms with Gasteiger partial charge in [0.25, 0.3) is 0 Å². The molecule has 0 aromatic heterocycles. The maximum absolute atomic E-state index is 5.97. The highest BCUT2D eigenvalue weighted by Gasteiger charge is 2.04. The van der Waals surface area contributed by atoms with E-state index in [9.17, 15) is 0 Å². The summed E-state index contributed by atoms with van der Waals surface area (Å²) < 4.78 is 0. The third-order valence-electron chi connectivity index (χ3n) is 5.87. The van der Waals surface area contributed by atoms with Gasteiger partial charge in [0.15, 0.2) is 0 Å². The summed E-state index contributed by atoms with van der Waals surface area (Å²) >= 11 is 0. The van der Waals surface area contributed by atoms with Crippen molar-refractivity contribution < 1.29 is 0 Å². The molecule has 0 unspecified atom stereocenters. The first-order valence-electron chi connectivity index (χ1n) is 11.4. The number of nitrogens with two attached hydrogens (primary N) is 1. The van der Waals surface area contributed by atoms with E-state index < -0.39 is 0 Å². The minimum Gasteiger partial charge on any atom is -0.399 e. The zero-order chi connectivity index (χ0) is 21.3. The molecule has 0 bridgehead atoms. The molecule has 0 heterocycles. The van der Waals surface area contributed by atoms with Gasteiger partial charge in [0.1, 0.15) is 0 Å².